The van der Waals surface area contributed by atoms with Gasteiger partial charge in [-0.2, -0.15) is 0 Å². The number of nitrogens with zero attached hydrogens (tertiary/aromatic N) is 2. The largest absolute Gasteiger partial charge is 0.490 e. The van der Waals surface area contributed by atoms with Gasteiger partial charge in [0, 0.05) is 28.9 Å². The highest BCUT2D eigenvalue weighted by atomic mass is 32.2. The molecule has 4 aromatic rings. The zero-order valence-electron chi connectivity index (χ0n) is 18.5. The standard InChI is InChI=1S/C25H21N3O5S/c1-16-13-20(28(30)31)21(32-2)14-19(16)26-22(29)15-34-25-27-23(17-9-5-3-6-10-17)24(33-25)18-11-7-4-8-12-18/h3-14H,15H2,1-2H3,(H,26,29). The number of benzene rings is 3. The molecule has 0 saturated carbocycles. The third kappa shape index (κ3) is 5.10. The van der Waals surface area contributed by atoms with Crippen molar-refractivity contribution in [3.8, 4) is 28.3 Å². The average molecular weight is 476 g/mol. The number of carbonyl (C=O) groups is 1. The van der Waals surface area contributed by atoms with Crippen LogP contribution in [-0.4, -0.2) is 28.7 Å². The summed E-state index contributed by atoms with van der Waals surface area (Å²) >= 11 is 1.17. The van der Waals surface area contributed by atoms with Crippen LogP contribution in [0.25, 0.3) is 22.6 Å². The summed E-state index contributed by atoms with van der Waals surface area (Å²) in [5.41, 5.74) is 3.34. The van der Waals surface area contributed by atoms with Crippen LogP contribution in [0.3, 0.4) is 0 Å². The van der Waals surface area contributed by atoms with Gasteiger partial charge in [-0.15, -0.1) is 0 Å². The van der Waals surface area contributed by atoms with Gasteiger partial charge < -0.3 is 14.5 Å². The van der Waals surface area contributed by atoms with Crippen molar-refractivity contribution in [3.05, 3.63) is 88.5 Å². The van der Waals surface area contributed by atoms with Gasteiger partial charge in [-0.3, -0.25) is 14.9 Å². The molecule has 172 valence electrons. The van der Waals surface area contributed by atoms with Gasteiger partial charge in [0.25, 0.3) is 5.22 Å². The van der Waals surface area contributed by atoms with Gasteiger partial charge in [-0.25, -0.2) is 4.98 Å². The van der Waals surface area contributed by atoms with Crippen LogP contribution in [0.1, 0.15) is 5.56 Å². The summed E-state index contributed by atoms with van der Waals surface area (Å²) in [4.78, 5) is 27.9. The molecule has 1 aromatic heterocycles. The minimum atomic E-state index is -0.523. The number of anilines is 1. The molecule has 4 rings (SSSR count). The fourth-order valence-electron chi connectivity index (χ4n) is 3.37. The Morgan fingerprint density at radius 2 is 1.74 bits per heavy atom. The van der Waals surface area contributed by atoms with Crippen LogP contribution in [-0.2, 0) is 4.79 Å². The van der Waals surface area contributed by atoms with Gasteiger partial charge in [-0.05, 0) is 12.5 Å². The first-order valence-electron chi connectivity index (χ1n) is 10.3. The fourth-order valence-corrected chi connectivity index (χ4v) is 3.99. The minimum absolute atomic E-state index is 0.0434. The van der Waals surface area contributed by atoms with Crippen molar-refractivity contribution in [2.24, 2.45) is 0 Å². The molecule has 8 nitrogen and oxygen atoms in total. The first-order chi connectivity index (χ1) is 16.5. The Bertz CT molecular complexity index is 1270. The predicted octanol–water partition coefficient (Wildman–Crippen LogP) is 5.96. The molecule has 0 atom stereocenters. The van der Waals surface area contributed by atoms with Crippen LogP contribution in [0, 0.1) is 17.0 Å². The van der Waals surface area contributed by atoms with Crippen molar-refractivity contribution < 1.29 is 18.9 Å². The lowest BCUT2D eigenvalue weighted by molar-refractivity contribution is -0.385. The highest BCUT2D eigenvalue weighted by molar-refractivity contribution is 7.99. The molecule has 0 aliphatic carbocycles. The average Bonchev–Trinajstić information content (AvgIpc) is 3.29. The molecular weight excluding hydrogens is 454 g/mol. The van der Waals surface area contributed by atoms with E-state index in [1.165, 1.54) is 31.0 Å². The maximum Gasteiger partial charge on any atom is 0.311 e. The number of thioether (sulfide) groups is 1. The number of hydrogen-bond donors (Lipinski definition) is 1. The molecule has 34 heavy (non-hydrogen) atoms. The summed E-state index contributed by atoms with van der Waals surface area (Å²) in [6.07, 6.45) is 0. The van der Waals surface area contributed by atoms with Gasteiger partial charge in [0.05, 0.1) is 17.8 Å². The Morgan fingerprint density at radius 1 is 1.09 bits per heavy atom. The summed E-state index contributed by atoms with van der Waals surface area (Å²) in [7, 11) is 1.34. The third-order valence-electron chi connectivity index (χ3n) is 5.01. The second-order valence-corrected chi connectivity index (χ2v) is 8.25. The third-order valence-corrected chi connectivity index (χ3v) is 5.84. The van der Waals surface area contributed by atoms with E-state index in [4.69, 9.17) is 9.15 Å². The summed E-state index contributed by atoms with van der Waals surface area (Å²) in [6.45, 7) is 1.68. The number of carbonyl (C=O) groups excluding carboxylic acids is 1. The Balaban J connectivity index is 1.52. The van der Waals surface area contributed by atoms with Crippen LogP contribution in [0.5, 0.6) is 5.75 Å². The zero-order valence-corrected chi connectivity index (χ0v) is 19.3. The number of nitro benzene ring substituents is 1. The van der Waals surface area contributed by atoms with Gasteiger partial charge >= 0.3 is 5.69 Å². The van der Waals surface area contributed by atoms with E-state index in [1.54, 1.807) is 6.92 Å². The number of amides is 1. The van der Waals surface area contributed by atoms with Crippen LogP contribution in [0.15, 0.2) is 82.4 Å². The zero-order chi connectivity index (χ0) is 24.1. The van der Waals surface area contributed by atoms with Crippen molar-refractivity contribution >= 4 is 29.0 Å². The topological polar surface area (TPSA) is 108 Å². The molecule has 0 spiro atoms. The van der Waals surface area contributed by atoms with E-state index in [0.717, 1.165) is 11.1 Å². The molecule has 0 radical (unpaired) electrons. The number of hydrogen-bond acceptors (Lipinski definition) is 7. The van der Waals surface area contributed by atoms with E-state index in [0.29, 0.717) is 27.9 Å². The van der Waals surface area contributed by atoms with Crippen LogP contribution < -0.4 is 10.1 Å². The number of aryl methyl sites for hydroxylation is 1. The van der Waals surface area contributed by atoms with E-state index in [2.05, 4.69) is 10.3 Å². The molecular formula is C25H21N3O5S. The van der Waals surface area contributed by atoms with Crippen LogP contribution >= 0.6 is 11.8 Å². The molecule has 0 fully saturated rings. The quantitative estimate of drug-likeness (QED) is 0.190. The predicted molar refractivity (Wildman–Crippen MR) is 131 cm³/mol. The number of aromatic nitrogens is 1. The van der Waals surface area contributed by atoms with E-state index < -0.39 is 4.92 Å². The highest BCUT2D eigenvalue weighted by Gasteiger charge is 2.20. The summed E-state index contributed by atoms with van der Waals surface area (Å²) in [5.74, 6) is 0.448. The molecule has 1 heterocycles. The maximum absolute atomic E-state index is 12.6. The fraction of sp³-hybridized carbons (Fsp3) is 0.120. The Labute approximate surface area is 200 Å². The maximum atomic E-state index is 12.6. The van der Waals surface area contributed by atoms with Crippen LogP contribution in [0.4, 0.5) is 11.4 Å². The molecule has 0 aliphatic rings. The number of oxazole rings is 1. The summed E-state index contributed by atoms with van der Waals surface area (Å²) in [5, 5.41) is 14.3. The van der Waals surface area contributed by atoms with Gasteiger partial charge in [0.15, 0.2) is 11.5 Å². The summed E-state index contributed by atoms with van der Waals surface area (Å²) < 4.78 is 11.1. The Morgan fingerprint density at radius 3 is 2.35 bits per heavy atom. The van der Waals surface area contributed by atoms with Crippen LogP contribution in [0.2, 0.25) is 0 Å². The normalized spacial score (nSPS) is 10.6. The SMILES string of the molecule is COc1cc(NC(=O)CSc2nc(-c3ccccc3)c(-c3ccccc3)o2)c(C)cc1[N+](=O)[O-]. The van der Waals surface area contributed by atoms with Gasteiger partial charge in [-0.1, -0.05) is 72.4 Å². The van der Waals surface area contributed by atoms with Crippen molar-refractivity contribution in [2.45, 2.75) is 12.1 Å². The lowest BCUT2D eigenvalue weighted by Gasteiger charge is -2.10. The number of nitrogens with one attached hydrogen (secondary N) is 1. The number of rotatable bonds is 8. The highest BCUT2D eigenvalue weighted by Crippen LogP contribution is 2.36. The lowest BCUT2D eigenvalue weighted by Crippen LogP contribution is -2.15. The van der Waals surface area contributed by atoms with Gasteiger partial charge in [0.2, 0.25) is 5.91 Å². The molecule has 0 saturated heterocycles. The Hall–Kier alpha value is -4.11. The minimum Gasteiger partial charge on any atom is -0.490 e. The first kappa shape index (κ1) is 23.1. The van der Waals surface area contributed by atoms with Crippen molar-refractivity contribution in [3.63, 3.8) is 0 Å². The molecule has 1 N–H and O–H groups in total. The smallest absolute Gasteiger partial charge is 0.311 e. The molecule has 3 aromatic carbocycles. The molecule has 0 unspecified atom stereocenters. The molecule has 1 amide bonds. The lowest BCUT2D eigenvalue weighted by atomic mass is 10.1. The van der Waals surface area contributed by atoms with Crippen molar-refractivity contribution in [1.29, 1.82) is 0 Å². The number of methoxy groups -OCH3 is 1. The van der Waals surface area contributed by atoms with E-state index in [9.17, 15) is 14.9 Å². The number of ether oxygens (including phenoxy) is 1. The molecule has 0 bridgehead atoms. The van der Waals surface area contributed by atoms with E-state index in [1.807, 2.05) is 60.7 Å². The first-order valence-corrected chi connectivity index (χ1v) is 11.3. The van der Waals surface area contributed by atoms with Gasteiger partial charge in [0.1, 0.15) is 5.69 Å². The Kier molecular flexibility index (Phi) is 6.93. The summed E-state index contributed by atoms with van der Waals surface area (Å²) in [6, 6.07) is 22.2. The number of nitro groups is 1. The van der Waals surface area contributed by atoms with E-state index >= 15 is 0 Å². The van der Waals surface area contributed by atoms with Crippen molar-refractivity contribution in [1.82, 2.24) is 4.98 Å². The monoisotopic (exact) mass is 475 g/mol. The second-order valence-electron chi connectivity index (χ2n) is 7.32. The molecule has 9 heteroatoms. The van der Waals surface area contributed by atoms with Crippen molar-refractivity contribution in [2.75, 3.05) is 18.2 Å². The van der Waals surface area contributed by atoms with E-state index in [-0.39, 0.29) is 23.1 Å². The molecule has 0 aliphatic heterocycles. The second kappa shape index (κ2) is 10.2.